The highest BCUT2D eigenvalue weighted by Crippen LogP contribution is 2.17. The third-order valence-corrected chi connectivity index (χ3v) is 3.30. The van der Waals surface area contributed by atoms with Crippen molar-refractivity contribution in [2.45, 2.75) is 38.4 Å². The molecule has 7 nitrogen and oxygen atoms in total. The number of nitro groups is 1. The van der Waals surface area contributed by atoms with Gasteiger partial charge in [0.05, 0.1) is 6.42 Å². The summed E-state index contributed by atoms with van der Waals surface area (Å²) in [6.45, 7) is 4.19. The lowest BCUT2D eigenvalue weighted by atomic mass is 10.0. The Hall–Kier alpha value is -1.99. The maximum absolute atomic E-state index is 12.0. The van der Waals surface area contributed by atoms with Crippen molar-refractivity contribution in [1.82, 2.24) is 10.9 Å². The molecule has 1 saturated heterocycles. The number of hydrazine groups is 1. The minimum absolute atomic E-state index is 0.128. The lowest BCUT2D eigenvalue weighted by Crippen LogP contribution is -2.41. The predicted octanol–water partition coefficient (Wildman–Crippen LogP) is 1.22. The van der Waals surface area contributed by atoms with E-state index in [1.54, 1.807) is 0 Å². The molecule has 0 radical (unpaired) electrons. The van der Waals surface area contributed by atoms with Crippen molar-refractivity contribution in [1.29, 1.82) is 0 Å². The average Bonchev–Trinajstić information content (AvgIpc) is 2.89. The zero-order chi connectivity index (χ0) is 14.7. The van der Waals surface area contributed by atoms with Gasteiger partial charge in [-0.2, -0.15) is 5.43 Å². The number of hydrogen-bond donors (Lipinski definition) is 3. The molecule has 7 heteroatoms. The number of nitrogens with one attached hydrogen (secondary N) is 3. The molecule has 108 valence electrons. The molecule has 3 N–H and O–H groups in total. The zero-order valence-corrected chi connectivity index (χ0v) is 11.4. The van der Waals surface area contributed by atoms with E-state index in [2.05, 4.69) is 30.0 Å². The summed E-state index contributed by atoms with van der Waals surface area (Å²) in [4.78, 5) is 22.1. The van der Waals surface area contributed by atoms with Crippen molar-refractivity contribution in [3.05, 3.63) is 39.9 Å². The highest BCUT2D eigenvalue weighted by molar-refractivity contribution is 5.95. The molecule has 1 amide bonds. The molecule has 1 aliphatic heterocycles. The molecule has 1 aromatic rings. The molecule has 1 heterocycles. The zero-order valence-electron chi connectivity index (χ0n) is 11.4. The van der Waals surface area contributed by atoms with Crippen molar-refractivity contribution in [2.75, 3.05) is 5.32 Å². The van der Waals surface area contributed by atoms with Gasteiger partial charge in [-0.05, 0) is 23.6 Å². The van der Waals surface area contributed by atoms with E-state index < -0.39 is 17.1 Å². The fourth-order valence-electron chi connectivity index (χ4n) is 2.03. The monoisotopic (exact) mass is 278 g/mol. The molecule has 1 fully saturated rings. The maximum atomic E-state index is 12.0. The van der Waals surface area contributed by atoms with Crippen molar-refractivity contribution in [3.8, 4) is 0 Å². The largest absolute Gasteiger partial charge is 0.325 e. The van der Waals surface area contributed by atoms with Crippen LogP contribution < -0.4 is 16.2 Å². The molecule has 0 aromatic heterocycles. The fraction of sp³-hybridized carbons (Fsp3) is 0.462. The number of anilines is 1. The van der Waals surface area contributed by atoms with E-state index in [9.17, 15) is 14.9 Å². The molecule has 2 atom stereocenters. The van der Waals surface area contributed by atoms with E-state index in [4.69, 9.17) is 0 Å². The second-order valence-electron chi connectivity index (χ2n) is 5.14. The second-order valence-corrected chi connectivity index (χ2v) is 5.14. The molecule has 0 aliphatic carbocycles. The first-order chi connectivity index (χ1) is 9.47. The van der Waals surface area contributed by atoms with Crippen LogP contribution in [0.4, 0.5) is 5.69 Å². The Morgan fingerprint density at radius 1 is 1.35 bits per heavy atom. The lowest BCUT2D eigenvalue weighted by molar-refractivity contribution is -0.526. The van der Waals surface area contributed by atoms with Crippen molar-refractivity contribution < 1.29 is 9.72 Å². The summed E-state index contributed by atoms with van der Waals surface area (Å²) in [5.41, 5.74) is 7.00. The molecule has 0 saturated carbocycles. The molecule has 1 aromatic carbocycles. The summed E-state index contributed by atoms with van der Waals surface area (Å²) >= 11 is 0. The molecule has 20 heavy (non-hydrogen) atoms. The van der Waals surface area contributed by atoms with Crippen LogP contribution in [-0.4, -0.2) is 23.0 Å². The van der Waals surface area contributed by atoms with Crippen molar-refractivity contribution >= 4 is 11.6 Å². The lowest BCUT2D eigenvalue weighted by Gasteiger charge is -2.11. The van der Waals surface area contributed by atoms with Gasteiger partial charge >= 0.3 is 0 Å². The minimum atomic E-state index is -0.922. The van der Waals surface area contributed by atoms with Crippen LogP contribution in [0.25, 0.3) is 0 Å². The van der Waals surface area contributed by atoms with Gasteiger partial charge in [-0.25, -0.2) is 5.43 Å². The van der Waals surface area contributed by atoms with Gasteiger partial charge in [-0.15, -0.1) is 0 Å². The molecule has 0 bridgehead atoms. The smallest absolute Gasteiger partial charge is 0.280 e. The Bertz CT molecular complexity index is 501. The quantitative estimate of drug-likeness (QED) is 0.568. The van der Waals surface area contributed by atoms with Crippen LogP contribution in [0.5, 0.6) is 0 Å². The second kappa shape index (κ2) is 5.98. The summed E-state index contributed by atoms with van der Waals surface area (Å²) < 4.78 is 0. The molecular weight excluding hydrogens is 260 g/mol. The Balaban J connectivity index is 1.93. The first-order valence-corrected chi connectivity index (χ1v) is 6.52. The summed E-state index contributed by atoms with van der Waals surface area (Å²) in [6, 6.07) is 6.98. The van der Waals surface area contributed by atoms with Crippen LogP contribution in [-0.2, 0) is 4.79 Å². The van der Waals surface area contributed by atoms with Gasteiger partial charge in [-0.3, -0.25) is 14.9 Å². The first kappa shape index (κ1) is 14.4. The predicted molar refractivity (Wildman–Crippen MR) is 74.6 cm³/mol. The van der Waals surface area contributed by atoms with Crippen LogP contribution in [0.1, 0.15) is 31.7 Å². The van der Waals surface area contributed by atoms with E-state index in [1.807, 2.05) is 24.3 Å². The average molecular weight is 278 g/mol. The SMILES string of the molecule is CC(C)c1ccc(NC(=O)C2CC([N+](=O)[O-])NN2)cc1. The molecule has 1 aliphatic rings. The number of carbonyl (C=O) groups is 1. The summed E-state index contributed by atoms with van der Waals surface area (Å²) in [5, 5.41) is 13.3. The summed E-state index contributed by atoms with van der Waals surface area (Å²) in [5.74, 6) is 0.153. The first-order valence-electron chi connectivity index (χ1n) is 6.52. The fourth-order valence-corrected chi connectivity index (χ4v) is 2.03. The maximum Gasteiger partial charge on any atom is 0.280 e. The third-order valence-electron chi connectivity index (χ3n) is 3.30. The highest BCUT2D eigenvalue weighted by Gasteiger charge is 2.35. The van der Waals surface area contributed by atoms with Gasteiger partial charge in [0.25, 0.3) is 6.17 Å². The Morgan fingerprint density at radius 3 is 2.50 bits per heavy atom. The van der Waals surface area contributed by atoms with Crippen LogP contribution in [0.3, 0.4) is 0 Å². The van der Waals surface area contributed by atoms with Crippen LogP contribution in [0.2, 0.25) is 0 Å². The summed E-state index contributed by atoms with van der Waals surface area (Å²) in [6.07, 6.45) is -0.794. The molecule has 2 rings (SSSR count). The van der Waals surface area contributed by atoms with Gasteiger partial charge in [0.15, 0.2) is 0 Å². The van der Waals surface area contributed by atoms with Crippen LogP contribution >= 0.6 is 0 Å². The van der Waals surface area contributed by atoms with Gasteiger partial charge in [0.2, 0.25) is 5.91 Å². The van der Waals surface area contributed by atoms with Crippen molar-refractivity contribution in [3.63, 3.8) is 0 Å². The van der Waals surface area contributed by atoms with Crippen LogP contribution in [0.15, 0.2) is 24.3 Å². The standard InChI is InChI=1S/C13H18N4O3/c1-8(2)9-3-5-10(6-4-9)14-13(18)11-7-12(16-15-11)17(19)20/h3-6,8,11-12,15-16H,7H2,1-2H3,(H,14,18). The highest BCUT2D eigenvalue weighted by atomic mass is 16.6. The number of rotatable bonds is 4. The minimum Gasteiger partial charge on any atom is -0.325 e. The van der Waals surface area contributed by atoms with Gasteiger partial charge in [0, 0.05) is 10.6 Å². The Morgan fingerprint density at radius 2 is 2.00 bits per heavy atom. The number of nitrogens with zero attached hydrogens (tertiary/aromatic N) is 1. The van der Waals surface area contributed by atoms with Gasteiger partial charge in [0.1, 0.15) is 6.04 Å². The summed E-state index contributed by atoms with van der Waals surface area (Å²) in [7, 11) is 0. The van der Waals surface area contributed by atoms with Gasteiger partial charge in [-0.1, -0.05) is 26.0 Å². The van der Waals surface area contributed by atoms with E-state index >= 15 is 0 Å². The molecule has 0 spiro atoms. The number of carbonyl (C=O) groups excluding carboxylic acids is 1. The number of hydrogen-bond acceptors (Lipinski definition) is 5. The molecule has 2 unspecified atom stereocenters. The topological polar surface area (TPSA) is 96.3 Å². The third kappa shape index (κ3) is 3.31. The van der Waals surface area contributed by atoms with Gasteiger partial charge < -0.3 is 5.32 Å². The number of amides is 1. The Kier molecular flexibility index (Phi) is 4.31. The van der Waals surface area contributed by atoms with E-state index in [0.29, 0.717) is 11.6 Å². The van der Waals surface area contributed by atoms with Crippen LogP contribution in [0, 0.1) is 10.1 Å². The Labute approximate surface area is 116 Å². The van der Waals surface area contributed by atoms with E-state index in [1.165, 1.54) is 5.56 Å². The normalized spacial score (nSPS) is 21.9. The van der Waals surface area contributed by atoms with Crippen molar-refractivity contribution in [2.24, 2.45) is 0 Å². The van der Waals surface area contributed by atoms with E-state index in [0.717, 1.165) is 0 Å². The molecular formula is C13H18N4O3. The van der Waals surface area contributed by atoms with E-state index in [-0.39, 0.29) is 12.3 Å². The number of benzene rings is 1.